The van der Waals surface area contributed by atoms with Crippen molar-refractivity contribution in [1.29, 1.82) is 0 Å². The van der Waals surface area contributed by atoms with Crippen LogP contribution >= 0.6 is 39.5 Å². The highest BCUT2D eigenvalue weighted by Gasteiger charge is 2.40. The molecule has 1 saturated heterocycles. The van der Waals surface area contributed by atoms with Gasteiger partial charge >= 0.3 is 0 Å². The fraction of sp³-hybridized carbons (Fsp3) is 0.238. The first-order chi connectivity index (χ1) is 13.7. The van der Waals surface area contributed by atoms with Crippen LogP contribution in [-0.4, -0.2) is 28.1 Å². The predicted octanol–water partition coefficient (Wildman–Crippen LogP) is 5.38. The molecule has 3 heterocycles. The van der Waals surface area contributed by atoms with Crippen LogP contribution in [0.1, 0.15) is 29.1 Å². The van der Waals surface area contributed by atoms with Gasteiger partial charge in [0.05, 0.1) is 17.8 Å². The standard InChI is InChI=1S/C21H21BrN4S2/c22-15-13-18(28-14-15)20-19(17-9-4-5-10-24-17)25-21(27)26(20)12-6-11-23-16-7-2-1-3-8-16/h1-5,7-10,13-14,19-20,23H,6,11-12H2,(H,25,27)/t19-,20+/m1/s1. The Morgan fingerprint density at radius 2 is 2.00 bits per heavy atom. The van der Waals surface area contributed by atoms with Crippen molar-refractivity contribution in [2.45, 2.75) is 18.5 Å². The molecular weight excluding hydrogens is 452 g/mol. The number of pyridine rings is 1. The van der Waals surface area contributed by atoms with Gasteiger partial charge in [0.15, 0.2) is 5.11 Å². The van der Waals surface area contributed by atoms with E-state index in [1.54, 1.807) is 11.3 Å². The van der Waals surface area contributed by atoms with Gasteiger partial charge in [-0.1, -0.05) is 24.3 Å². The van der Waals surface area contributed by atoms with Gasteiger partial charge in [0.1, 0.15) is 0 Å². The van der Waals surface area contributed by atoms with Crippen LogP contribution in [-0.2, 0) is 0 Å². The number of hydrogen-bond acceptors (Lipinski definition) is 4. The minimum absolute atomic E-state index is 0.0568. The van der Waals surface area contributed by atoms with Crippen LogP contribution in [0.4, 0.5) is 5.69 Å². The maximum Gasteiger partial charge on any atom is 0.170 e. The fourth-order valence-electron chi connectivity index (χ4n) is 3.48. The minimum atomic E-state index is 0.0568. The summed E-state index contributed by atoms with van der Waals surface area (Å²) in [6.45, 7) is 1.79. The SMILES string of the molecule is S=C1N[C@H](c2ccccn2)[C@H](c2cc(Br)cs2)N1CCCNc1ccccc1. The second-order valence-electron chi connectivity index (χ2n) is 6.63. The molecule has 7 heteroatoms. The lowest BCUT2D eigenvalue weighted by Crippen LogP contribution is -2.31. The van der Waals surface area contributed by atoms with Gasteiger partial charge in [0.25, 0.3) is 0 Å². The summed E-state index contributed by atoms with van der Waals surface area (Å²) in [5.41, 5.74) is 2.17. The van der Waals surface area contributed by atoms with Crippen molar-refractivity contribution in [3.63, 3.8) is 0 Å². The number of para-hydroxylation sites is 1. The summed E-state index contributed by atoms with van der Waals surface area (Å²) < 4.78 is 1.11. The van der Waals surface area contributed by atoms with E-state index in [-0.39, 0.29) is 12.1 Å². The lowest BCUT2D eigenvalue weighted by atomic mass is 10.0. The normalized spacial score (nSPS) is 18.9. The van der Waals surface area contributed by atoms with Gasteiger partial charge in [-0.15, -0.1) is 11.3 Å². The van der Waals surface area contributed by atoms with E-state index >= 15 is 0 Å². The molecule has 1 aliphatic rings. The highest BCUT2D eigenvalue weighted by atomic mass is 79.9. The molecule has 0 radical (unpaired) electrons. The predicted molar refractivity (Wildman–Crippen MR) is 124 cm³/mol. The molecule has 2 atom stereocenters. The average Bonchev–Trinajstić information content (AvgIpc) is 3.29. The first-order valence-electron chi connectivity index (χ1n) is 9.23. The number of rotatable bonds is 7. The van der Waals surface area contributed by atoms with Crippen LogP contribution in [0.5, 0.6) is 0 Å². The van der Waals surface area contributed by atoms with Crippen molar-refractivity contribution in [1.82, 2.24) is 15.2 Å². The maximum absolute atomic E-state index is 5.70. The molecule has 3 aromatic rings. The molecular formula is C21H21BrN4S2. The lowest BCUT2D eigenvalue weighted by Gasteiger charge is -2.27. The Labute approximate surface area is 183 Å². The first-order valence-corrected chi connectivity index (χ1v) is 11.3. The highest BCUT2D eigenvalue weighted by Crippen LogP contribution is 2.41. The average molecular weight is 473 g/mol. The molecule has 0 unspecified atom stereocenters. The van der Waals surface area contributed by atoms with E-state index < -0.39 is 0 Å². The maximum atomic E-state index is 5.70. The topological polar surface area (TPSA) is 40.2 Å². The van der Waals surface area contributed by atoms with Gasteiger partial charge in [-0.05, 0) is 64.9 Å². The molecule has 4 nitrogen and oxygen atoms in total. The number of nitrogens with zero attached hydrogens (tertiary/aromatic N) is 2. The Morgan fingerprint density at radius 3 is 2.71 bits per heavy atom. The highest BCUT2D eigenvalue weighted by molar-refractivity contribution is 9.10. The Balaban J connectivity index is 1.48. The van der Waals surface area contributed by atoms with Gasteiger partial charge in [0, 0.05) is 39.7 Å². The van der Waals surface area contributed by atoms with Crippen molar-refractivity contribution in [2.24, 2.45) is 0 Å². The fourth-order valence-corrected chi connectivity index (χ4v) is 5.40. The zero-order chi connectivity index (χ0) is 19.3. The van der Waals surface area contributed by atoms with E-state index in [0.717, 1.165) is 40.5 Å². The van der Waals surface area contributed by atoms with Crippen molar-refractivity contribution < 1.29 is 0 Å². The molecule has 4 rings (SSSR count). The number of thiophene rings is 1. The lowest BCUT2D eigenvalue weighted by molar-refractivity contribution is 0.320. The van der Waals surface area contributed by atoms with Gasteiger partial charge in [-0.25, -0.2) is 0 Å². The molecule has 0 amide bonds. The summed E-state index contributed by atoms with van der Waals surface area (Å²) in [5, 5.41) is 9.90. The number of aromatic nitrogens is 1. The van der Waals surface area contributed by atoms with E-state index in [0.29, 0.717) is 0 Å². The molecule has 2 aromatic heterocycles. The number of anilines is 1. The molecule has 0 spiro atoms. The van der Waals surface area contributed by atoms with Crippen LogP contribution in [0, 0.1) is 0 Å². The third-order valence-corrected chi connectivity index (χ3v) is 6.87. The van der Waals surface area contributed by atoms with E-state index in [1.165, 1.54) is 4.88 Å². The van der Waals surface area contributed by atoms with Crippen LogP contribution in [0.3, 0.4) is 0 Å². The van der Waals surface area contributed by atoms with Crippen molar-refractivity contribution in [3.8, 4) is 0 Å². The second kappa shape index (κ2) is 9.03. The van der Waals surface area contributed by atoms with Crippen LogP contribution in [0.2, 0.25) is 0 Å². The van der Waals surface area contributed by atoms with Crippen LogP contribution in [0.25, 0.3) is 0 Å². The number of hydrogen-bond donors (Lipinski definition) is 2. The Morgan fingerprint density at radius 1 is 1.18 bits per heavy atom. The zero-order valence-electron chi connectivity index (χ0n) is 15.2. The molecule has 0 bridgehead atoms. The second-order valence-corrected chi connectivity index (χ2v) is 8.88. The molecule has 2 N–H and O–H groups in total. The van der Waals surface area contributed by atoms with Gasteiger partial charge in [-0.2, -0.15) is 0 Å². The van der Waals surface area contributed by atoms with E-state index in [1.807, 2.05) is 36.5 Å². The number of halogens is 1. The summed E-state index contributed by atoms with van der Waals surface area (Å²) in [6.07, 6.45) is 2.84. The molecule has 0 saturated carbocycles. The number of nitrogens with one attached hydrogen (secondary N) is 2. The van der Waals surface area contributed by atoms with Gasteiger partial charge in [-0.3, -0.25) is 4.98 Å². The van der Waals surface area contributed by atoms with Crippen molar-refractivity contribution in [3.05, 3.63) is 81.2 Å². The monoisotopic (exact) mass is 472 g/mol. The smallest absolute Gasteiger partial charge is 0.170 e. The molecule has 1 aliphatic heterocycles. The van der Waals surface area contributed by atoms with E-state index in [4.69, 9.17) is 12.2 Å². The zero-order valence-corrected chi connectivity index (χ0v) is 18.4. The number of benzene rings is 1. The van der Waals surface area contributed by atoms with E-state index in [9.17, 15) is 0 Å². The minimum Gasteiger partial charge on any atom is -0.385 e. The van der Waals surface area contributed by atoms with Gasteiger partial charge in [0.2, 0.25) is 0 Å². The largest absolute Gasteiger partial charge is 0.385 e. The Hall–Kier alpha value is -1.96. The molecule has 1 fully saturated rings. The Bertz CT molecular complexity index is 916. The third kappa shape index (κ3) is 4.37. The summed E-state index contributed by atoms with van der Waals surface area (Å²) in [5.74, 6) is 0. The summed E-state index contributed by atoms with van der Waals surface area (Å²) >= 11 is 11.1. The molecule has 144 valence electrons. The summed E-state index contributed by atoms with van der Waals surface area (Å²) in [4.78, 5) is 8.17. The first kappa shape index (κ1) is 19.4. The van der Waals surface area contributed by atoms with Crippen LogP contribution in [0.15, 0.2) is 70.6 Å². The molecule has 28 heavy (non-hydrogen) atoms. The van der Waals surface area contributed by atoms with Crippen molar-refractivity contribution >= 4 is 50.3 Å². The third-order valence-electron chi connectivity index (χ3n) is 4.76. The van der Waals surface area contributed by atoms with Crippen molar-refractivity contribution in [2.75, 3.05) is 18.4 Å². The quantitative estimate of drug-likeness (QED) is 0.356. The van der Waals surface area contributed by atoms with Gasteiger partial charge < -0.3 is 15.5 Å². The van der Waals surface area contributed by atoms with E-state index in [2.05, 4.69) is 66.1 Å². The Kier molecular flexibility index (Phi) is 6.24. The molecule has 1 aromatic carbocycles. The number of thiocarbonyl (C=S) groups is 1. The summed E-state index contributed by atoms with van der Waals surface area (Å²) in [7, 11) is 0. The summed E-state index contributed by atoms with van der Waals surface area (Å²) in [6, 6.07) is 18.7. The van der Waals surface area contributed by atoms with Crippen LogP contribution < -0.4 is 10.6 Å². The molecule has 0 aliphatic carbocycles.